The minimum Gasteiger partial charge on any atom is -0.394 e. The van der Waals surface area contributed by atoms with Gasteiger partial charge in [0.25, 0.3) is 0 Å². The molecule has 3 unspecified atom stereocenters. The van der Waals surface area contributed by atoms with Crippen LogP contribution in [0.15, 0.2) is 0 Å². The summed E-state index contributed by atoms with van der Waals surface area (Å²) >= 11 is 0. The summed E-state index contributed by atoms with van der Waals surface area (Å²) in [5.41, 5.74) is -0.0379. The first kappa shape index (κ1) is 15.3. The molecule has 0 radical (unpaired) electrons. The van der Waals surface area contributed by atoms with Crippen LogP contribution in [-0.4, -0.2) is 36.5 Å². The molecule has 2 aliphatic rings. The molecule has 1 saturated heterocycles. The van der Waals surface area contributed by atoms with Crippen molar-refractivity contribution in [1.29, 1.82) is 0 Å². The normalized spacial score (nSPS) is 36.0. The molecule has 2 fully saturated rings. The third-order valence-corrected chi connectivity index (χ3v) is 4.78. The Morgan fingerprint density at radius 2 is 2.16 bits per heavy atom. The molecule has 0 amide bonds. The first-order valence-corrected chi connectivity index (χ1v) is 8.11. The van der Waals surface area contributed by atoms with Crippen LogP contribution in [0.4, 0.5) is 0 Å². The lowest BCUT2D eigenvalue weighted by Gasteiger charge is -2.41. The van der Waals surface area contributed by atoms with Crippen molar-refractivity contribution in [3.05, 3.63) is 0 Å². The van der Waals surface area contributed by atoms with Gasteiger partial charge in [0, 0.05) is 18.7 Å². The van der Waals surface area contributed by atoms with Gasteiger partial charge in [0.1, 0.15) is 0 Å². The molecule has 3 atom stereocenters. The highest BCUT2D eigenvalue weighted by Crippen LogP contribution is 2.35. The van der Waals surface area contributed by atoms with E-state index in [-0.39, 0.29) is 12.1 Å². The Hall–Kier alpha value is -0.120. The number of ether oxygens (including phenoxy) is 1. The van der Waals surface area contributed by atoms with Crippen molar-refractivity contribution in [2.24, 2.45) is 11.8 Å². The summed E-state index contributed by atoms with van der Waals surface area (Å²) in [5.74, 6) is 1.54. The number of aliphatic hydroxyl groups is 1. The standard InChI is InChI=1S/C16H31NO2/c1-13(2)9-14-5-3-7-16(10-14,12-18)17-11-15-6-4-8-19-15/h13-15,17-18H,3-12H2,1-2H3. The van der Waals surface area contributed by atoms with Crippen molar-refractivity contribution in [2.75, 3.05) is 19.8 Å². The fourth-order valence-electron chi connectivity index (χ4n) is 3.85. The summed E-state index contributed by atoms with van der Waals surface area (Å²) in [7, 11) is 0. The van der Waals surface area contributed by atoms with Crippen LogP contribution in [0.25, 0.3) is 0 Å². The highest BCUT2D eigenvalue weighted by atomic mass is 16.5. The molecular formula is C16H31NO2. The molecule has 3 nitrogen and oxygen atoms in total. The Kier molecular flexibility index (Phi) is 5.67. The van der Waals surface area contributed by atoms with Gasteiger partial charge in [-0.15, -0.1) is 0 Å². The quantitative estimate of drug-likeness (QED) is 0.779. The van der Waals surface area contributed by atoms with E-state index in [0.717, 1.165) is 37.8 Å². The smallest absolute Gasteiger partial charge is 0.0700 e. The van der Waals surface area contributed by atoms with Crippen LogP contribution >= 0.6 is 0 Å². The first-order chi connectivity index (χ1) is 9.13. The molecule has 0 spiro atoms. The van der Waals surface area contributed by atoms with Crippen LogP contribution in [0.2, 0.25) is 0 Å². The van der Waals surface area contributed by atoms with Crippen LogP contribution in [0.1, 0.15) is 58.8 Å². The third kappa shape index (κ3) is 4.44. The lowest BCUT2D eigenvalue weighted by molar-refractivity contribution is 0.0593. The van der Waals surface area contributed by atoms with Crippen LogP contribution in [0.3, 0.4) is 0 Å². The lowest BCUT2D eigenvalue weighted by atomic mass is 9.73. The molecule has 1 aliphatic carbocycles. The molecule has 1 saturated carbocycles. The molecular weight excluding hydrogens is 238 g/mol. The molecule has 2 N–H and O–H groups in total. The van der Waals surface area contributed by atoms with Crippen molar-refractivity contribution in [1.82, 2.24) is 5.32 Å². The van der Waals surface area contributed by atoms with E-state index in [1.165, 1.54) is 32.1 Å². The average molecular weight is 269 g/mol. The first-order valence-electron chi connectivity index (χ1n) is 8.11. The molecule has 1 aliphatic heterocycles. The molecule has 0 aromatic heterocycles. The number of hydrogen-bond acceptors (Lipinski definition) is 3. The van der Waals surface area contributed by atoms with Crippen molar-refractivity contribution >= 4 is 0 Å². The summed E-state index contributed by atoms with van der Waals surface area (Å²) in [4.78, 5) is 0. The van der Waals surface area contributed by atoms with E-state index >= 15 is 0 Å². The largest absolute Gasteiger partial charge is 0.394 e. The van der Waals surface area contributed by atoms with Gasteiger partial charge in [-0.3, -0.25) is 0 Å². The fraction of sp³-hybridized carbons (Fsp3) is 1.00. The number of rotatable bonds is 6. The Morgan fingerprint density at radius 1 is 1.32 bits per heavy atom. The monoisotopic (exact) mass is 269 g/mol. The third-order valence-electron chi connectivity index (χ3n) is 4.78. The van der Waals surface area contributed by atoms with E-state index in [2.05, 4.69) is 19.2 Å². The molecule has 19 heavy (non-hydrogen) atoms. The van der Waals surface area contributed by atoms with E-state index in [1.54, 1.807) is 0 Å². The summed E-state index contributed by atoms with van der Waals surface area (Å²) < 4.78 is 5.68. The summed E-state index contributed by atoms with van der Waals surface area (Å²) in [6.07, 6.45) is 8.85. The Labute approximate surface area is 118 Å². The summed E-state index contributed by atoms with van der Waals surface area (Å²) in [5, 5.41) is 13.5. The van der Waals surface area contributed by atoms with E-state index in [0.29, 0.717) is 6.10 Å². The molecule has 1 heterocycles. The zero-order valence-corrected chi connectivity index (χ0v) is 12.7. The van der Waals surface area contributed by atoms with Gasteiger partial charge in [-0.2, -0.15) is 0 Å². The van der Waals surface area contributed by atoms with Gasteiger partial charge >= 0.3 is 0 Å². The molecule has 112 valence electrons. The maximum atomic E-state index is 9.86. The second kappa shape index (κ2) is 7.05. The fourth-order valence-corrected chi connectivity index (χ4v) is 3.85. The number of nitrogens with one attached hydrogen (secondary N) is 1. The van der Waals surface area contributed by atoms with Crippen molar-refractivity contribution < 1.29 is 9.84 Å². The second-order valence-corrected chi connectivity index (χ2v) is 7.05. The van der Waals surface area contributed by atoms with Crippen LogP contribution in [0.5, 0.6) is 0 Å². The second-order valence-electron chi connectivity index (χ2n) is 7.05. The van der Waals surface area contributed by atoms with Gasteiger partial charge < -0.3 is 15.2 Å². The highest BCUT2D eigenvalue weighted by Gasteiger charge is 2.36. The number of hydrogen-bond donors (Lipinski definition) is 2. The van der Waals surface area contributed by atoms with Crippen LogP contribution in [0, 0.1) is 11.8 Å². The summed E-state index contributed by atoms with van der Waals surface area (Å²) in [6.45, 7) is 6.70. The van der Waals surface area contributed by atoms with E-state index in [9.17, 15) is 5.11 Å². The van der Waals surface area contributed by atoms with Crippen LogP contribution in [-0.2, 0) is 4.74 Å². The Balaban J connectivity index is 1.84. The van der Waals surface area contributed by atoms with Crippen molar-refractivity contribution in [3.63, 3.8) is 0 Å². The van der Waals surface area contributed by atoms with E-state index < -0.39 is 0 Å². The van der Waals surface area contributed by atoms with Gasteiger partial charge in [-0.05, 0) is 43.9 Å². The van der Waals surface area contributed by atoms with E-state index in [1.807, 2.05) is 0 Å². The molecule has 0 aromatic carbocycles. The van der Waals surface area contributed by atoms with Crippen LogP contribution < -0.4 is 5.32 Å². The SMILES string of the molecule is CC(C)CC1CCCC(CO)(NCC2CCCO2)C1. The topological polar surface area (TPSA) is 41.5 Å². The summed E-state index contributed by atoms with van der Waals surface area (Å²) in [6, 6.07) is 0. The Bertz CT molecular complexity index is 263. The molecule has 0 bridgehead atoms. The zero-order chi connectivity index (χ0) is 13.7. The maximum Gasteiger partial charge on any atom is 0.0700 e. The van der Waals surface area contributed by atoms with Crippen molar-refractivity contribution in [2.45, 2.75) is 70.4 Å². The van der Waals surface area contributed by atoms with E-state index in [4.69, 9.17) is 4.74 Å². The zero-order valence-electron chi connectivity index (χ0n) is 12.7. The van der Waals surface area contributed by atoms with Gasteiger partial charge in [0.2, 0.25) is 0 Å². The molecule has 2 rings (SSSR count). The minimum atomic E-state index is -0.0379. The van der Waals surface area contributed by atoms with Gasteiger partial charge in [0.05, 0.1) is 12.7 Å². The maximum absolute atomic E-state index is 9.86. The molecule has 0 aromatic rings. The van der Waals surface area contributed by atoms with Gasteiger partial charge in [-0.1, -0.05) is 26.7 Å². The highest BCUT2D eigenvalue weighted by molar-refractivity contribution is 4.94. The predicted molar refractivity (Wildman–Crippen MR) is 78.2 cm³/mol. The Morgan fingerprint density at radius 3 is 2.79 bits per heavy atom. The predicted octanol–water partition coefficient (Wildman–Crippen LogP) is 2.72. The van der Waals surface area contributed by atoms with Gasteiger partial charge in [-0.25, -0.2) is 0 Å². The van der Waals surface area contributed by atoms with Gasteiger partial charge in [0.15, 0.2) is 0 Å². The average Bonchev–Trinajstić information content (AvgIpc) is 2.89. The number of aliphatic hydroxyl groups excluding tert-OH is 1. The molecule has 3 heteroatoms. The van der Waals surface area contributed by atoms with Crippen molar-refractivity contribution in [3.8, 4) is 0 Å². The minimum absolute atomic E-state index is 0.0379. The lowest BCUT2D eigenvalue weighted by Crippen LogP contribution is -2.53.